The van der Waals surface area contributed by atoms with Crippen LogP contribution in [0.15, 0.2) is 29.6 Å². The quantitative estimate of drug-likeness (QED) is 0.788. The van der Waals surface area contributed by atoms with Crippen LogP contribution in [0.4, 0.5) is 15.6 Å². The molecule has 0 bridgehead atoms. The van der Waals surface area contributed by atoms with Crippen molar-refractivity contribution in [3.05, 3.63) is 40.9 Å². The number of anilines is 2. The fraction of sp³-hybridized carbons (Fsp3) is 0.333. The van der Waals surface area contributed by atoms with Gasteiger partial charge < -0.3 is 10.6 Å². The highest BCUT2D eigenvalue weighted by Gasteiger charge is 2.07. The average molecular weight is 304 g/mol. The third kappa shape index (κ3) is 4.54. The predicted molar refractivity (Wildman–Crippen MR) is 88.0 cm³/mol. The molecule has 2 aromatic rings. The van der Waals surface area contributed by atoms with Crippen molar-refractivity contribution in [3.8, 4) is 0 Å². The van der Waals surface area contributed by atoms with Crippen molar-refractivity contribution < 1.29 is 4.79 Å². The molecule has 0 aliphatic heterocycles. The minimum absolute atomic E-state index is 0.281. The predicted octanol–water partition coefficient (Wildman–Crippen LogP) is 3.77. The zero-order valence-electron chi connectivity index (χ0n) is 12.4. The molecule has 21 heavy (non-hydrogen) atoms. The maximum absolute atomic E-state index is 11.8. The minimum Gasteiger partial charge on any atom is -0.310 e. The smallest absolute Gasteiger partial charge is 0.310 e. The van der Waals surface area contributed by atoms with Gasteiger partial charge in [0.15, 0.2) is 5.13 Å². The number of aryl methyl sites for hydroxylation is 1. The molecule has 0 aliphatic rings. The number of rotatable bonds is 5. The van der Waals surface area contributed by atoms with E-state index < -0.39 is 0 Å². The fourth-order valence-electron chi connectivity index (χ4n) is 1.95. The van der Waals surface area contributed by atoms with E-state index in [1.54, 1.807) is 0 Å². The maximum Gasteiger partial charge on any atom is 0.325 e. The molecule has 0 spiro atoms. The monoisotopic (exact) mass is 304 g/mol. The van der Waals surface area contributed by atoms with Gasteiger partial charge >= 0.3 is 6.03 Å². The Morgan fingerprint density at radius 1 is 1.29 bits per heavy atom. The average Bonchev–Trinajstić information content (AvgIpc) is 2.85. The highest BCUT2D eigenvalue weighted by Crippen LogP contribution is 2.17. The van der Waals surface area contributed by atoms with Crippen molar-refractivity contribution in [2.45, 2.75) is 26.8 Å². The van der Waals surface area contributed by atoms with Gasteiger partial charge in [0.1, 0.15) is 0 Å². The van der Waals surface area contributed by atoms with Crippen LogP contribution in [0.1, 0.15) is 31.1 Å². The van der Waals surface area contributed by atoms with Gasteiger partial charge in [0.2, 0.25) is 0 Å². The van der Waals surface area contributed by atoms with Crippen LogP contribution >= 0.6 is 11.3 Å². The minimum atomic E-state index is -0.281. The van der Waals surface area contributed by atoms with Crippen LogP contribution in [0, 0.1) is 6.92 Å². The van der Waals surface area contributed by atoms with Gasteiger partial charge in [-0.05, 0) is 38.1 Å². The molecule has 1 heterocycles. The Labute approximate surface area is 128 Å². The summed E-state index contributed by atoms with van der Waals surface area (Å²) in [6, 6.07) is 7.84. The molecule has 1 unspecified atom stereocenters. The van der Waals surface area contributed by atoms with Gasteiger partial charge in [-0.25, -0.2) is 9.78 Å². The lowest BCUT2D eigenvalue weighted by Gasteiger charge is -2.13. The van der Waals surface area contributed by atoms with Gasteiger partial charge in [0, 0.05) is 17.1 Å². The third-order valence-corrected chi connectivity index (χ3v) is 3.89. The summed E-state index contributed by atoms with van der Waals surface area (Å²) in [6.45, 7) is 7.02. The number of amides is 2. The van der Waals surface area contributed by atoms with E-state index in [-0.39, 0.29) is 6.03 Å². The molecule has 0 saturated carbocycles. The Hall–Kier alpha value is -1.92. The Kier molecular flexibility index (Phi) is 5.30. The fourth-order valence-corrected chi connectivity index (χ4v) is 2.63. The van der Waals surface area contributed by atoms with Crippen LogP contribution in [0.5, 0.6) is 0 Å². The molecule has 2 amide bonds. The molecule has 0 radical (unpaired) electrons. The summed E-state index contributed by atoms with van der Waals surface area (Å²) in [4.78, 5) is 16.0. The summed E-state index contributed by atoms with van der Waals surface area (Å²) >= 11 is 1.41. The molecule has 0 saturated heterocycles. The summed E-state index contributed by atoms with van der Waals surface area (Å²) in [5.41, 5.74) is 2.85. The number of nitrogens with one attached hydrogen (secondary N) is 3. The molecule has 0 fully saturated rings. The van der Waals surface area contributed by atoms with Crippen molar-refractivity contribution >= 4 is 28.2 Å². The Morgan fingerprint density at radius 3 is 2.57 bits per heavy atom. The Bertz CT molecular complexity index is 594. The first-order valence-corrected chi connectivity index (χ1v) is 7.80. The van der Waals surface area contributed by atoms with E-state index in [1.807, 2.05) is 36.6 Å². The van der Waals surface area contributed by atoms with Crippen molar-refractivity contribution in [2.24, 2.45) is 0 Å². The van der Waals surface area contributed by atoms with Crippen LogP contribution < -0.4 is 16.0 Å². The Morgan fingerprint density at radius 2 is 2.00 bits per heavy atom. The number of urea groups is 1. The lowest BCUT2D eigenvalue weighted by Crippen LogP contribution is -2.20. The van der Waals surface area contributed by atoms with Crippen molar-refractivity contribution in [1.82, 2.24) is 10.3 Å². The van der Waals surface area contributed by atoms with Crippen LogP contribution in [0.3, 0.4) is 0 Å². The first-order valence-electron chi connectivity index (χ1n) is 6.92. The first-order chi connectivity index (χ1) is 10.1. The number of aromatic nitrogens is 1. The number of carbonyl (C=O) groups is 1. The second-order valence-electron chi connectivity index (χ2n) is 4.77. The molecule has 5 nitrogen and oxygen atoms in total. The van der Waals surface area contributed by atoms with Gasteiger partial charge in [0.05, 0.1) is 5.69 Å². The second-order valence-corrected chi connectivity index (χ2v) is 5.63. The standard InChI is InChI=1S/C15H20N4OS/c1-4-16-11(3)12-5-7-13(8-6-12)18-14(20)19-15-17-10(2)9-21-15/h5-9,11,16H,4H2,1-3H3,(H2,17,18,19,20). The van der Waals surface area contributed by atoms with Gasteiger partial charge in [-0.3, -0.25) is 5.32 Å². The number of benzene rings is 1. The highest BCUT2D eigenvalue weighted by atomic mass is 32.1. The summed E-state index contributed by atoms with van der Waals surface area (Å²) in [5, 5.41) is 11.4. The highest BCUT2D eigenvalue weighted by molar-refractivity contribution is 7.13. The van der Waals surface area contributed by atoms with Crippen molar-refractivity contribution in [1.29, 1.82) is 0 Å². The number of nitrogens with zero attached hydrogens (tertiary/aromatic N) is 1. The SMILES string of the molecule is CCNC(C)c1ccc(NC(=O)Nc2nc(C)cs2)cc1. The van der Waals surface area contributed by atoms with E-state index in [4.69, 9.17) is 0 Å². The molecule has 2 rings (SSSR count). The zero-order chi connectivity index (χ0) is 15.2. The zero-order valence-corrected chi connectivity index (χ0v) is 13.3. The van der Waals surface area contributed by atoms with Crippen LogP contribution in [-0.4, -0.2) is 17.6 Å². The van der Waals surface area contributed by atoms with Gasteiger partial charge in [-0.1, -0.05) is 19.1 Å². The number of carbonyl (C=O) groups excluding carboxylic acids is 1. The van der Waals surface area contributed by atoms with E-state index in [9.17, 15) is 4.79 Å². The summed E-state index contributed by atoms with van der Waals surface area (Å²) in [7, 11) is 0. The van der Waals surface area contributed by atoms with Gasteiger partial charge in [-0.15, -0.1) is 11.3 Å². The van der Waals surface area contributed by atoms with E-state index in [2.05, 4.69) is 34.8 Å². The van der Waals surface area contributed by atoms with Crippen LogP contribution in [-0.2, 0) is 0 Å². The molecule has 0 aliphatic carbocycles. The molecule has 3 N–H and O–H groups in total. The molecule has 1 atom stereocenters. The normalized spacial score (nSPS) is 12.0. The van der Waals surface area contributed by atoms with Crippen molar-refractivity contribution in [3.63, 3.8) is 0 Å². The molecule has 112 valence electrons. The number of hydrogen-bond donors (Lipinski definition) is 3. The summed E-state index contributed by atoms with van der Waals surface area (Å²) in [6.07, 6.45) is 0. The molecular formula is C15H20N4OS. The van der Waals surface area contributed by atoms with E-state index >= 15 is 0 Å². The maximum atomic E-state index is 11.8. The second kappa shape index (κ2) is 7.19. The van der Waals surface area contributed by atoms with E-state index in [0.717, 1.165) is 17.9 Å². The lowest BCUT2D eigenvalue weighted by atomic mass is 10.1. The summed E-state index contributed by atoms with van der Waals surface area (Å²) in [5.74, 6) is 0. The number of hydrogen-bond acceptors (Lipinski definition) is 4. The van der Waals surface area contributed by atoms with Gasteiger partial charge in [-0.2, -0.15) is 0 Å². The molecule has 1 aromatic heterocycles. The van der Waals surface area contributed by atoms with Crippen LogP contribution in [0.25, 0.3) is 0 Å². The molecular weight excluding hydrogens is 284 g/mol. The molecule has 1 aromatic carbocycles. The van der Waals surface area contributed by atoms with E-state index in [1.165, 1.54) is 16.9 Å². The van der Waals surface area contributed by atoms with Gasteiger partial charge in [0.25, 0.3) is 0 Å². The topological polar surface area (TPSA) is 66.0 Å². The van der Waals surface area contributed by atoms with Crippen LogP contribution in [0.2, 0.25) is 0 Å². The molecule has 6 heteroatoms. The Balaban J connectivity index is 1.92. The lowest BCUT2D eigenvalue weighted by molar-refractivity contribution is 0.262. The largest absolute Gasteiger partial charge is 0.325 e. The van der Waals surface area contributed by atoms with E-state index in [0.29, 0.717) is 11.2 Å². The summed E-state index contributed by atoms with van der Waals surface area (Å²) < 4.78 is 0. The number of thiazole rings is 1. The first kappa shape index (κ1) is 15.5. The third-order valence-electron chi connectivity index (χ3n) is 3.02. The van der Waals surface area contributed by atoms with Crippen molar-refractivity contribution in [2.75, 3.05) is 17.2 Å².